The van der Waals surface area contributed by atoms with Gasteiger partial charge in [-0.2, -0.15) is 0 Å². The molecule has 0 N–H and O–H groups in total. The molecule has 2 aliphatic carbocycles. The Morgan fingerprint density at radius 3 is 1.32 bits per heavy atom. The number of rotatable bonds is 3. The molecule has 2 heteroatoms. The lowest BCUT2D eigenvalue weighted by atomic mass is 9.70. The standard InChI is InChI=1S/C55H33NS/c1-2-15-39-37(13-1)38-14-3-4-16-40(38)46-31-34(25-28-41(39)46)56(36-27-30-54-48(33-36)45-20-8-12-24-53(45)57-54)35-26-29-52-47(32-35)44-19-7-11-23-51(44)55(52)49-21-9-5-17-42(49)43-18-6-10-22-50(43)55/h1-33H. The molecule has 0 aliphatic heterocycles. The van der Waals surface area contributed by atoms with Gasteiger partial charge in [0.05, 0.1) is 5.41 Å². The Kier molecular flexibility index (Phi) is 6.31. The summed E-state index contributed by atoms with van der Waals surface area (Å²) >= 11 is 1.87. The van der Waals surface area contributed by atoms with Crippen LogP contribution < -0.4 is 4.90 Å². The third kappa shape index (κ3) is 4.12. The topological polar surface area (TPSA) is 3.24 Å². The summed E-state index contributed by atoms with van der Waals surface area (Å²) in [5.41, 5.74) is 13.7. The van der Waals surface area contributed by atoms with E-state index in [2.05, 4.69) is 205 Å². The minimum atomic E-state index is -0.375. The predicted molar refractivity (Wildman–Crippen MR) is 243 cm³/mol. The molecule has 2 aliphatic rings. The molecule has 0 unspecified atom stereocenters. The number of hydrogen-bond donors (Lipinski definition) is 0. The minimum absolute atomic E-state index is 0.375. The zero-order chi connectivity index (χ0) is 37.2. The van der Waals surface area contributed by atoms with Crippen molar-refractivity contribution in [1.29, 1.82) is 0 Å². The third-order valence-corrected chi connectivity index (χ3v) is 14.0. The van der Waals surface area contributed by atoms with Gasteiger partial charge in [-0.05, 0) is 125 Å². The molecule has 11 aromatic rings. The van der Waals surface area contributed by atoms with Gasteiger partial charge in [0.1, 0.15) is 0 Å². The summed E-state index contributed by atoms with van der Waals surface area (Å²) in [5.74, 6) is 0. The molecule has 1 heterocycles. The molecule has 1 spiro atoms. The van der Waals surface area contributed by atoms with Crippen LogP contribution in [0.5, 0.6) is 0 Å². The fourth-order valence-electron chi connectivity index (χ4n) is 10.6. The number of anilines is 3. The fourth-order valence-corrected chi connectivity index (χ4v) is 11.6. The molecule has 10 aromatic carbocycles. The highest BCUT2D eigenvalue weighted by atomic mass is 32.1. The Morgan fingerprint density at radius 2 is 0.684 bits per heavy atom. The third-order valence-electron chi connectivity index (χ3n) is 12.8. The van der Waals surface area contributed by atoms with Crippen molar-refractivity contribution in [2.75, 3.05) is 4.90 Å². The molecule has 0 atom stereocenters. The van der Waals surface area contributed by atoms with Crippen LogP contribution in [0.25, 0.3) is 74.7 Å². The van der Waals surface area contributed by atoms with Gasteiger partial charge in [-0.3, -0.25) is 0 Å². The fraction of sp³-hybridized carbons (Fsp3) is 0.0182. The van der Waals surface area contributed by atoms with Crippen molar-refractivity contribution in [3.05, 3.63) is 222 Å². The first-order valence-electron chi connectivity index (χ1n) is 19.8. The summed E-state index contributed by atoms with van der Waals surface area (Å²) in [6.45, 7) is 0. The summed E-state index contributed by atoms with van der Waals surface area (Å²) in [6.07, 6.45) is 0. The van der Waals surface area contributed by atoms with Crippen LogP contribution in [0.1, 0.15) is 22.3 Å². The number of nitrogens with zero attached hydrogens (tertiary/aromatic N) is 1. The molecule has 1 nitrogen and oxygen atoms in total. The van der Waals surface area contributed by atoms with E-state index in [1.165, 1.54) is 97.0 Å². The Hall–Kier alpha value is -7.00. The largest absolute Gasteiger partial charge is 0.310 e. The molecule has 0 amide bonds. The monoisotopic (exact) mass is 739 g/mol. The van der Waals surface area contributed by atoms with Crippen molar-refractivity contribution in [2.24, 2.45) is 0 Å². The van der Waals surface area contributed by atoms with Gasteiger partial charge in [0, 0.05) is 37.2 Å². The van der Waals surface area contributed by atoms with Gasteiger partial charge in [-0.25, -0.2) is 0 Å². The smallest absolute Gasteiger partial charge is 0.0725 e. The van der Waals surface area contributed by atoms with E-state index >= 15 is 0 Å². The lowest BCUT2D eigenvalue weighted by Gasteiger charge is -2.31. The summed E-state index contributed by atoms with van der Waals surface area (Å²) in [7, 11) is 0. The Balaban J connectivity index is 1.09. The second-order valence-electron chi connectivity index (χ2n) is 15.6. The summed E-state index contributed by atoms with van der Waals surface area (Å²) in [4.78, 5) is 2.49. The van der Waals surface area contributed by atoms with Crippen LogP contribution in [0, 0.1) is 0 Å². The van der Waals surface area contributed by atoms with Crippen LogP contribution in [-0.4, -0.2) is 0 Å². The maximum absolute atomic E-state index is 2.49. The van der Waals surface area contributed by atoms with E-state index in [4.69, 9.17) is 0 Å². The van der Waals surface area contributed by atoms with Crippen molar-refractivity contribution in [1.82, 2.24) is 0 Å². The molecular formula is C55H33NS. The first-order valence-corrected chi connectivity index (χ1v) is 20.6. The molecule has 1 aromatic heterocycles. The number of hydrogen-bond acceptors (Lipinski definition) is 2. The van der Waals surface area contributed by atoms with Gasteiger partial charge in [-0.15, -0.1) is 11.3 Å². The second-order valence-corrected chi connectivity index (χ2v) is 16.6. The van der Waals surface area contributed by atoms with E-state index in [0.29, 0.717) is 0 Å². The van der Waals surface area contributed by atoms with Crippen LogP contribution in [0.3, 0.4) is 0 Å². The molecule has 0 fully saturated rings. The maximum atomic E-state index is 2.49. The van der Waals surface area contributed by atoms with E-state index in [0.717, 1.165) is 17.1 Å². The van der Waals surface area contributed by atoms with Crippen LogP contribution in [0.2, 0.25) is 0 Å². The molecule has 264 valence electrons. The average Bonchev–Trinajstić information content (AvgIpc) is 3.90. The predicted octanol–water partition coefficient (Wildman–Crippen LogP) is 15.3. The highest BCUT2D eigenvalue weighted by Gasteiger charge is 2.51. The van der Waals surface area contributed by atoms with Crippen molar-refractivity contribution in [2.45, 2.75) is 5.41 Å². The van der Waals surface area contributed by atoms with Crippen molar-refractivity contribution in [3.63, 3.8) is 0 Å². The molecular weight excluding hydrogens is 707 g/mol. The van der Waals surface area contributed by atoms with Crippen molar-refractivity contribution in [3.8, 4) is 22.3 Å². The van der Waals surface area contributed by atoms with E-state index in [1.807, 2.05) is 11.3 Å². The molecule has 0 bridgehead atoms. The number of benzene rings is 10. The first kappa shape index (κ1) is 31.2. The molecule has 0 saturated carbocycles. The number of fused-ring (bicyclic) bond motifs is 19. The van der Waals surface area contributed by atoms with Gasteiger partial charge in [0.25, 0.3) is 0 Å². The van der Waals surface area contributed by atoms with Gasteiger partial charge >= 0.3 is 0 Å². The van der Waals surface area contributed by atoms with E-state index in [-0.39, 0.29) is 5.41 Å². The van der Waals surface area contributed by atoms with E-state index in [1.54, 1.807) is 0 Å². The summed E-state index contributed by atoms with van der Waals surface area (Å²) < 4.78 is 2.62. The lowest BCUT2D eigenvalue weighted by Crippen LogP contribution is -2.25. The lowest BCUT2D eigenvalue weighted by molar-refractivity contribution is 0.794. The van der Waals surface area contributed by atoms with Gasteiger partial charge < -0.3 is 4.90 Å². The minimum Gasteiger partial charge on any atom is -0.310 e. The van der Waals surface area contributed by atoms with E-state index in [9.17, 15) is 0 Å². The van der Waals surface area contributed by atoms with Crippen molar-refractivity contribution >= 4 is 80.9 Å². The van der Waals surface area contributed by atoms with Crippen LogP contribution in [-0.2, 0) is 5.41 Å². The zero-order valence-electron chi connectivity index (χ0n) is 30.9. The molecule has 57 heavy (non-hydrogen) atoms. The highest BCUT2D eigenvalue weighted by molar-refractivity contribution is 7.25. The number of thiophene rings is 1. The molecule has 13 rings (SSSR count). The van der Waals surface area contributed by atoms with Crippen LogP contribution in [0.15, 0.2) is 200 Å². The van der Waals surface area contributed by atoms with E-state index < -0.39 is 0 Å². The highest BCUT2D eigenvalue weighted by Crippen LogP contribution is 2.63. The molecule has 0 radical (unpaired) electrons. The molecule has 0 saturated heterocycles. The van der Waals surface area contributed by atoms with Crippen LogP contribution in [0.4, 0.5) is 17.1 Å². The van der Waals surface area contributed by atoms with Gasteiger partial charge in [0.15, 0.2) is 0 Å². The Morgan fingerprint density at radius 1 is 0.281 bits per heavy atom. The first-order chi connectivity index (χ1) is 28.3. The zero-order valence-corrected chi connectivity index (χ0v) is 31.7. The normalized spacial score (nSPS) is 13.4. The SMILES string of the molecule is c1ccc2c(c1)-c1ccccc1C21c2ccccc2-c2cc(N(c3ccc4sc5ccccc5c4c3)c3ccc4c5ccccc5c5ccccc5c4c3)ccc21. The average molecular weight is 740 g/mol. The van der Waals surface area contributed by atoms with Gasteiger partial charge in [0.2, 0.25) is 0 Å². The summed E-state index contributed by atoms with van der Waals surface area (Å²) in [5, 5.41) is 10.3. The summed E-state index contributed by atoms with van der Waals surface area (Å²) in [6, 6.07) is 75.1. The Labute approximate surface area is 334 Å². The maximum Gasteiger partial charge on any atom is 0.0725 e. The quantitative estimate of drug-likeness (QED) is 0.163. The van der Waals surface area contributed by atoms with Gasteiger partial charge in [-0.1, -0.05) is 152 Å². The second kappa shape index (κ2) is 11.5. The van der Waals surface area contributed by atoms with Crippen molar-refractivity contribution < 1.29 is 0 Å². The Bertz CT molecular complexity index is 3420. The van der Waals surface area contributed by atoms with Crippen LogP contribution >= 0.6 is 11.3 Å².